The third-order valence-electron chi connectivity index (χ3n) is 5.40. The van der Waals surface area contributed by atoms with Crippen LogP contribution in [0.2, 0.25) is 0 Å². The van der Waals surface area contributed by atoms with Gasteiger partial charge in [-0.15, -0.1) is 0 Å². The maximum absolute atomic E-state index is 12.2. The SMILES string of the molecule is COc1ccccc1-c1ccc(CNC2CCN(C(=O)CC(C)C)CC2)cc1. The Kier molecular flexibility index (Phi) is 7.10. The summed E-state index contributed by atoms with van der Waals surface area (Å²) in [6.07, 6.45) is 2.73. The van der Waals surface area contributed by atoms with Crippen LogP contribution in [0.15, 0.2) is 48.5 Å². The van der Waals surface area contributed by atoms with Gasteiger partial charge in [0.05, 0.1) is 7.11 Å². The highest BCUT2D eigenvalue weighted by Crippen LogP contribution is 2.29. The molecular weight excluding hydrogens is 348 g/mol. The topological polar surface area (TPSA) is 41.6 Å². The Bertz CT molecular complexity index is 762. The van der Waals surface area contributed by atoms with Crippen molar-refractivity contribution in [2.45, 2.75) is 45.7 Å². The lowest BCUT2D eigenvalue weighted by Gasteiger charge is -2.33. The molecular formula is C24H32N2O2. The van der Waals surface area contributed by atoms with E-state index >= 15 is 0 Å². The van der Waals surface area contributed by atoms with Gasteiger partial charge in [0, 0.05) is 37.7 Å². The Balaban J connectivity index is 1.49. The summed E-state index contributed by atoms with van der Waals surface area (Å²) in [4.78, 5) is 14.2. The number of methoxy groups -OCH3 is 1. The molecule has 2 aromatic rings. The maximum atomic E-state index is 12.2. The first-order valence-corrected chi connectivity index (χ1v) is 10.3. The molecule has 0 unspecified atom stereocenters. The molecule has 1 aliphatic heterocycles. The highest BCUT2D eigenvalue weighted by Gasteiger charge is 2.22. The van der Waals surface area contributed by atoms with Gasteiger partial charge in [-0.25, -0.2) is 0 Å². The van der Waals surface area contributed by atoms with E-state index in [0.29, 0.717) is 24.3 Å². The first kappa shape index (κ1) is 20.4. The molecule has 28 heavy (non-hydrogen) atoms. The molecule has 0 saturated carbocycles. The van der Waals surface area contributed by atoms with E-state index in [1.54, 1.807) is 7.11 Å². The molecule has 0 atom stereocenters. The molecule has 2 aromatic carbocycles. The molecule has 4 nitrogen and oxygen atoms in total. The van der Waals surface area contributed by atoms with E-state index in [4.69, 9.17) is 4.74 Å². The third kappa shape index (κ3) is 5.35. The Hall–Kier alpha value is -2.33. The van der Waals surface area contributed by atoms with Crippen LogP contribution in [0.1, 0.15) is 38.7 Å². The smallest absolute Gasteiger partial charge is 0.222 e. The minimum absolute atomic E-state index is 0.306. The van der Waals surface area contributed by atoms with Crippen molar-refractivity contribution in [1.82, 2.24) is 10.2 Å². The number of nitrogens with one attached hydrogen (secondary N) is 1. The molecule has 1 amide bonds. The molecule has 1 heterocycles. The molecule has 150 valence electrons. The summed E-state index contributed by atoms with van der Waals surface area (Å²) in [6, 6.07) is 17.2. The number of ether oxygens (including phenoxy) is 1. The first-order valence-electron chi connectivity index (χ1n) is 10.3. The second-order valence-electron chi connectivity index (χ2n) is 8.03. The lowest BCUT2D eigenvalue weighted by Crippen LogP contribution is -2.44. The van der Waals surface area contributed by atoms with E-state index in [1.165, 1.54) is 5.56 Å². The number of carbonyl (C=O) groups is 1. The lowest BCUT2D eigenvalue weighted by molar-refractivity contribution is -0.133. The van der Waals surface area contributed by atoms with Crippen molar-refractivity contribution in [3.8, 4) is 16.9 Å². The van der Waals surface area contributed by atoms with Gasteiger partial charge in [-0.2, -0.15) is 0 Å². The normalized spacial score (nSPS) is 15.1. The van der Waals surface area contributed by atoms with E-state index in [0.717, 1.165) is 49.4 Å². The van der Waals surface area contributed by atoms with E-state index in [1.807, 2.05) is 23.1 Å². The van der Waals surface area contributed by atoms with Gasteiger partial charge in [0.25, 0.3) is 0 Å². The predicted molar refractivity (Wildman–Crippen MR) is 114 cm³/mol. The monoisotopic (exact) mass is 380 g/mol. The van der Waals surface area contributed by atoms with Crippen molar-refractivity contribution in [2.75, 3.05) is 20.2 Å². The van der Waals surface area contributed by atoms with E-state index in [-0.39, 0.29) is 0 Å². The van der Waals surface area contributed by atoms with Crippen molar-refractivity contribution in [1.29, 1.82) is 0 Å². The van der Waals surface area contributed by atoms with Gasteiger partial charge in [0.15, 0.2) is 0 Å². The molecule has 3 rings (SSSR count). The number of carbonyl (C=O) groups excluding carboxylic acids is 1. The number of piperidine rings is 1. The van der Waals surface area contributed by atoms with Crippen molar-refractivity contribution < 1.29 is 9.53 Å². The molecule has 1 aliphatic rings. The maximum Gasteiger partial charge on any atom is 0.222 e. The van der Waals surface area contributed by atoms with Crippen LogP contribution >= 0.6 is 0 Å². The summed E-state index contributed by atoms with van der Waals surface area (Å²) in [5, 5.41) is 3.66. The predicted octanol–water partition coefficient (Wildman–Crippen LogP) is 4.49. The number of para-hydroxylation sites is 1. The van der Waals surface area contributed by atoms with Gasteiger partial charge in [-0.1, -0.05) is 56.3 Å². The summed E-state index contributed by atoms with van der Waals surface area (Å²) in [5.74, 6) is 1.63. The number of hydrogen-bond donors (Lipinski definition) is 1. The van der Waals surface area contributed by atoms with Crippen LogP contribution in [-0.2, 0) is 11.3 Å². The molecule has 0 aromatic heterocycles. The Morgan fingerprint density at radius 1 is 1.11 bits per heavy atom. The van der Waals surface area contributed by atoms with Crippen molar-refractivity contribution in [2.24, 2.45) is 5.92 Å². The second-order valence-corrected chi connectivity index (χ2v) is 8.03. The summed E-state index contributed by atoms with van der Waals surface area (Å²) >= 11 is 0. The molecule has 0 aliphatic carbocycles. The van der Waals surface area contributed by atoms with E-state index in [2.05, 4.69) is 49.5 Å². The molecule has 1 N–H and O–H groups in total. The van der Waals surface area contributed by atoms with Crippen LogP contribution in [0, 0.1) is 5.92 Å². The van der Waals surface area contributed by atoms with Crippen molar-refractivity contribution in [3.05, 3.63) is 54.1 Å². The average molecular weight is 381 g/mol. The van der Waals surface area contributed by atoms with Crippen LogP contribution in [-0.4, -0.2) is 37.0 Å². The lowest BCUT2D eigenvalue weighted by atomic mass is 10.0. The molecule has 0 radical (unpaired) electrons. The van der Waals surface area contributed by atoms with Gasteiger partial charge >= 0.3 is 0 Å². The Morgan fingerprint density at radius 3 is 2.43 bits per heavy atom. The van der Waals surface area contributed by atoms with Crippen LogP contribution < -0.4 is 10.1 Å². The highest BCUT2D eigenvalue weighted by molar-refractivity contribution is 5.76. The fraction of sp³-hybridized carbons (Fsp3) is 0.458. The highest BCUT2D eigenvalue weighted by atomic mass is 16.5. The fourth-order valence-corrected chi connectivity index (χ4v) is 3.76. The summed E-state index contributed by atoms with van der Waals surface area (Å²) in [5.41, 5.74) is 3.55. The number of rotatable bonds is 7. The number of likely N-dealkylation sites (tertiary alicyclic amines) is 1. The zero-order valence-corrected chi connectivity index (χ0v) is 17.3. The average Bonchev–Trinajstić information content (AvgIpc) is 2.72. The van der Waals surface area contributed by atoms with Gasteiger partial charge in [-0.05, 0) is 36.0 Å². The number of nitrogens with zero attached hydrogens (tertiary/aromatic N) is 1. The molecule has 1 fully saturated rings. The van der Waals surface area contributed by atoms with Crippen LogP contribution in [0.5, 0.6) is 5.75 Å². The minimum Gasteiger partial charge on any atom is -0.496 e. The largest absolute Gasteiger partial charge is 0.496 e. The fourth-order valence-electron chi connectivity index (χ4n) is 3.76. The number of hydrogen-bond acceptors (Lipinski definition) is 3. The van der Waals surface area contributed by atoms with Crippen LogP contribution in [0.3, 0.4) is 0 Å². The summed E-state index contributed by atoms with van der Waals surface area (Å²) in [6.45, 7) is 6.80. The van der Waals surface area contributed by atoms with Crippen molar-refractivity contribution in [3.63, 3.8) is 0 Å². The molecule has 1 saturated heterocycles. The molecule has 0 spiro atoms. The van der Waals surface area contributed by atoms with Crippen LogP contribution in [0.25, 0.3) is 11.1 Å². The van der Waals surface area contributed by atoms with Gasteiger partial charge < -0.3 is 15.0 Å². The Labute approximate surface area is 168 Å². The minimum atomic E-state index is 0.306. The van der Waals surface area contributed by atoms with E-state index < -0.39 is 0 Å². The summed E-state index contributed by atoms with van der Waals surface area (Å²) < 4.78 is 5.46. The number of benzene rings is 2. The van der Waals surface area contributed by atoms with Gasteiger partial charge in [-0.3, -0.25) is 4.79 Å². The van der Waals surface area contributed by atoms with Crippen LogP contribution in [0.4, 0.5) is 0 Å². The van der Waals surface area contributed by atoms with Gasteiger partial charge in [0.2, 0.25) is 5.91 Å². The van der Waals surface area contributed by atoms with Crippen molar-refractivity contribution >= 4 is 5.91 Å². The number of amides is 1. The molecule has 4 heteroatoms. The van der Waals surface area contributed by atoms with Gasteiger partial charge in [0.1, 0.15) is 5.75 Å². The third-order valence-corrected chi connectivity index (χ3v) is 5.40. The zero-order chi connectivity index (χ0) is 19.9. The Morgan fingerprint density at radius 2 is 1.79 bits per heavy atom. The molecule has 0 bridgehead atoms. The second kappa shape index (κ2) is 9.74. The standard InChI is InChI=1S/C24H32N2O2/c1-18(2)16-24(27)26-14-12-21(13-15-26)25-17-19-8-10-20(11-9-19)22-6-4-5-7-23(22)28-3/h4-11,18,21,25H,12-17H2,1-3H3. The summed E-state index contributed by atoms with van der Waals surface area (Å²) in [7, 11) is 1.71. The quantitative estimate of drug-likeness (QED) is 0.769. The first-order chi connectivity index (χ1) is 13.6. The zero-order valence-electron chi connectivity index (χ0n) is 17.3. The van der Waals surface area contributed by atoms with E-state index in [9.17, 15) is 4.79 Å².